The number of hydrogen-bond acceptors (Lipinski definition) is 7. The molecule has 0 bridgehead atoms. The smallest absolute Gasteiger partial charge is 0.411 e. The summed E-state index contributed by atoms with van der Waals surface area (Å²) >= 11 is 0. The number of benzene rings is 2. The van der Waals surface area contributed by atoms with Crippen molar-refractivity contribution in [3.05, 3.63) is 60.0 Å². The zero-order chi connectivity index (χ0) is 23.6. The Morgan fingerprint density at radius 3 is 2.42 bits per heavy atom. The Kier molecular flexibility index (Phi) is 6.12. The van der Waals surface area contributed by atoms with E-state index in [0.717, 1.165) is 10.9 Å². The number of methoxy groups -OCH3 is 2. The van der Waals surface area contributed by atoms with Gasteiger partial charge >= 0.3 is 6.09 Å². The molecular weight excluding hydrogens is 420 g/mol. The maximum absolute atomic E-state index is 13.5. The van der Waals surface area contributed by atoms with E-state index in [2.05, 4.69) is 10.3 Å². The van der Waals surface area contributed by atoms with Gasteiger partial charge in [-0.1, -0.05) is 30.3 Å². The van der Waals surface area contributed by atoms with E-state index in [-0.39, 0.29) is 6.09 Å². The molecule has 0 saturated carbocycles. The standard InChI is InChI=1S/C25H30N4O4/c1-24(2,3)33-23(30)29-12-11-26-15-25(29,17-9-7-6-8-10-17)22-18-13-20(31-4)21(32-5)14-19(18)27-16-28-22/h6-10,13-14,16,26H,11-12,15H2,1-5H3. The first kappa shape index (κ1) is 22.8. The number of piperazine rings is 1. The van der Waals surface area contributed by atoms with Crippen LogP contribution in [-0.2, 0) is 10.3 Å². The average Bonchev–Trinajstić information content (AvgIpc) is 2.82. The fourth-order valence-corrected chi connectivity index (χ4v) is 4.34. The summed E-state index contributed by atoms with van der Waals surface area (Å²) in [5.74, 6) is 1.14. The Morgan fingerprint density at radius 2 is 1.76 bits per heavy atom. The van der Waals surface area contributed by atoms with Gasteiger partial charge in [-0.2, -0.15) is 0 Å². The van der Waals surface area contributed by atoms with Crippen LogP contribution in [0.25, 0.3) is 10.9 Å². The number of amides is 1. The molecule has 1 amide bonds. The van der Waals surface area contributed by atoms with E-state index in [4.69, 9.17) is 19.2 Å². The molecule has 1 saturated heterocycles. The number of nitrogens with one attached hydrogen (secondary N) is 1. The second-order valence-electron chi connectivity index (χ2n) is 8.98. The minimum atomic E-state index is -0.914. The number of rotatable bonds is 4. The molecule has 8 nitrogen and oxygen atoms in total. The Bertz CT molecular complexity index is 1150. The van der Waals surface area contributed by atoms with Crippen molar-refractivity contribution in [2.45, 2.75) is 31.9 Å². The lowest BCUT2D eigenvalue weighted by Crippen LogP contribution is -2.62. The molecule has 1 fully saturated rings. The second-order valence-corrected chi connectivity index (χ2v) is 8.98. The van der Waals surface area contributed by atoms with E-state index in [9.17, 15) is 4.79 Å². The number of carbonyl (C=O) groups is 1. The fraction of sp³-hybridized carbons (Fsp3) is 0.400. The summed E-state index contributed by atoms with van der Waals surface area (Å²) in [6.45, 7) is 7.19. The zero-order valence-electron chi connectivity index (χ0n) is 19.7. The minimum Gasteiger partial charge on any atom is -0.493 e. The molecule has 33 heavy (non-hydrogen) atoms. The van der Waals surface area contributed by atoms with Gasteiger partial charge in [-0.3, -0.25) is 4.90 Å². The monoisotopic (exact) mass is 450 g/mol. The average molecular weight is 451 g/mol. The largest absolute Gasteiger partial charge is 0.493 e. The van der Waals surface area contributed by atoms with Gasteiger partial charge in [0.15, 0.2) is 11.5 Å². The van der Waals surface area contributed by atoms with Crippen LogP contribution in [0, 0.1) is 0 Å². The molecule has 2 heterocycles. The van der Waals surface area contributed by atoms with Gasteiger partial charge in [0.1, 0.15) is 17.5 Å². The van der Waals surface area contributed by atoms with Crippen molar-refractivity contribution in [1.82, 2.24) is 20.2 Å². The van der Waals surface area contributed by atoms with E-state index < -0.39 is 11.1 Å². The molecule has 1 aromatic heterocycles. The molecule has 2 aromatic carbocycles. The lowest BCUT2D eigenvalue weighted by atomic mass is 9.81. The van der Waals surface area contributed by atoms with Gasteiger partial charge in [-0.15, -0.1) is 0 Å². The summed E-state index contributed by atoms with van der Waals surface area (Å²) in [5, 5.41) is 4.24. The van der Waals surface area contributed by atoms with E-state index in [1.807, 2.05) is 63.2 Å². The van der Waals surface area contributed by atoms with Gasteiger partial charge < -0.3 is 19.5 Å². The van der Waals surface area contributed by atoms with Crippen molar-refractivity contribution in [1.29, 1.82) is 0 Å². The maximum Gasteiger partial charge on any atom is 0.411 e. The summed E-state index contributed by atoms with van der Waals surface area (Å²) in [6.07, 6.45) is 1.14. The van der Waals surface area contributed by atoms with Gasteiger partial charge in [0.2, 0.25) is 0 Å². The van der Waals surface area contributed by atoms with Gasteiger partial charge in [0.25, 0.3) is 0 Å². The summed E-state index contributed by atoms with van der Waals surface area (Å²) in [5.41, 5.74) is 0.774. The van der Waals surface area contributed by atoms with E-state index in [1.165, 1.54) is 6.33 Å². The zero-order valence-corrected chi connectivity index (χ0v) is 19.7. The van der Waals surface area contributed by atoms with Crippen LogP contribution in [0.5, 0.6) is 11.5 Å². The number of ether oxygens (including phenoxy) is 3. The normalized spacial score (nSPS) is 18.8. The van der Waals surface area contributed by atoms with E-state index in [1.54, 1.807) is 19.1 Å². The maximum atomic E-state index is 13.5. The van der Waals surface area contributed by atoms with Crippen molar-refractivity contribution in [2.24, 2.45) is 0 Å². The molecule has 0 spiro atoms. The topological polar surface area (TPSA) is 85.8 Å². The molecule has 0 radical (unpaired) electrons. The third kappa shape index (κ3) is 4.18. The van der Waals surface area contributed by atoms with Crippen molar-refractivity contribution < 1.29 is 19.0 Å². The van der Waals surface area contributed by atoms with Crippen LogP contribution in [0.2, 0.25) is 0 Å². The second kappa shape index (κ2) is 8.86. The molecule has 1 atom stereocenters. The molecule has 1 N–H and O–H groups in total. The van der Waals surface area contributed by atoms with Crippen LogP contribution in [0.4, 0.5) is 4.79 Å². The van der Waals surface area contributed by atoms with Crippen LogP contribution in [0.3, 0.4) is 0 Å². The highest BCUT2D eigenvalue weighted by atomic mass is 16.6. The molecular formula is C25H30N4O4. The highest BCUT2D eigenvalue weighted by Gasteiger charge is 2.48. The quantitative estimate of drug-likeness (QED) is 0.648. The lowest BCUT2D eigenvalue weighted by Gasteiger charge is -2.47. The van der Waals surface area contributed by atoms with Gasteiger partial charge in [0.05, 0.1) is 25.4 Å². The number of aromatic nitrogens is 2. The van der Waals surface area contributed by atoms with Crippen LogP contribution in [-0.4, -0.2) is 60.4 Å². The number of carbonyl (C=O) groups excluding carboxylic acids is 1. The van der Waals surface area contributed by atoms with Gasteiger partial charge in [0, 0.05) is 31.1 Å². The first-order valence-electron chi connectivity index (χ1n) is 10.9. The summed E-state index contributed by atoms with van der Waals surface area (Å²) in [6, 6.07) is 13.6. The number of fused-ring (bicyclic) bond motifs is 1. The lowest BCUT2D eigenvalue weighted by molar-refractivity contribution is -0.00376. The van der Waals surface area contributed by atoms with Crippen LogP contribution in [0.15, 0.2) is 48.8 Å². The summed E-state index contributed by atoms with van der Waals surface area (Å²) in [4.78, 5) is 24.5. The van der Waals surface area contributed by atoms with E-state index >= 15 is 0 Å². The molecule has 3 aromatic rings. The number of nitrogens with zero attached hydrogens (tertiary/aromatic N) is 3. The molecule has 8 heteroatoms. The Balaban J connectivity index is 2.01. The molecule has 1 aliphatic heterocycles. The minimum absolute atomic E-state index is 0.389. The molecule has 174 valence electrons. The predicted octanol–water partition coefficient (Wildman–Crippen LogP) is 3.73. The highest BCUT2D eigenvalue weighted by molar-refractivity contribution is 5.87. The fourth-order valence-electron chi connectivity index (χ4n) is 4.34. The van der Waals surface area contributed by atoms with Crippen LogP contribution >= 0.6 is 0 Å². The Hall–Kier alpha value is -3.39. The molecule has 1 unspecified atom stereocenters. The van der Waals surface area contributed by atoms with Gasteiger partial charge in [-0.25, -0.2) is 14.8 Å². The van der Waals surface area contributed by atoms with Gasteiger partial charge in [-0.05, 0) is 32.4 Å². The first-order chi connectivity index (χ1) is 15.8. The first-order valence-corrected chi connectivity index (χ1v) is 10.9. The van der Waals surface area contributed by atoms with E-state index in [0.29, 0.717) is 42.3 Å². The Morgan fingerprint density at radius 1 is 1.06 bits per heavy atom. The highest BCUT2D eigenvalue weighted by Crippen LogP contribution is 2.42. The third-order valence-electron chi connectivity index (χ3n) is 5.75. The Labute approximate surface area is 193 Å². The number of hydrogen-bond donors (Lipinski definition) is 1. The van der Waals surface area contributed by atoms with Crippen molar-refractivity contribution in [3.63, 3.8) is 0 Å². The summed E-state index contributed by atoms with van der Waals surface area (Å²) in [7, 11) is 3.18. The van der Waals surface area contributed by atoms with Crippen molar-refractivity contribution in [3.8, 4) is 11.5 Å². The van der Waals surface area contributed by atoms with Crippen LogP contribution < -0.4 is 14.8 Å². The van der Waals surface area contributed by atoms with Crippen molar-refractivity contribution in [2.75, 3.05) is 33.9 Å². The molecule has 4 rings (SSSR count). The van der Waals surface area contributed by atoms with Crippen molar-refractivity contribution >= 4 is 17.0 Å². The van der Waals surface area contributed by atoms with Crippen LogP contribution in [0.1, 0.15) is 32.0 Å². The molecule has 1 aliphatic rings. The SMILES string of the molecule is COc1cc2ncnc(C3(c4ccccc4)CNCCN3C(=O)OC(C)(C)C)c2cc1OC. The molecule has 0 aliphatic carbocycles. The summed E-state index contributed by atoms with van der Waals surface area (Å²) < 4.78 is 16.9. The third-order valence-corrected chi connectivity index (χ3v) is 5.75. The predicted molar refractivity (Wildman–Crippen MR) is 126 cm³/mol.